The molecular formula is C18H16FNO4. The van der Waals surface area contributed by atoms with Crippen LogP contribution in [0.5, 0.6) is 5.75 Å². The number of amides is 1. The number of hydrogen-bond donors (Lipinski definition) is 2. The van der Waals surface area contributed by atoms with Gasteiger partial charge in [0.15, 0.2) is 6.10 Å². The zero-order chi connectivity index (χ0) is 17.1. The number of hydrogen-bond acceptors (Lipinski definition) is 3. The lowest BCUT2D eigenvalue weighted by molar-refractivity contribution is -0.127. The second kappa shape index (κ2) is 6.70. The fourth-order valence-electron chi connectivity index (χ4n) is 2.62. The minimum absolute atomic E-state index is 0.229. The van der Waals surface area contributed by atoms with E-state index in [0.29, 0.717) is 30.7 Å². The zero-order valence-corrected chi connectivity index (χ0v) is 12.8. The Hall–Kier alpha value is -2.89. The summed E-state index contributed by atoms with van der Waals surface area (Å²) in [5, 5.41) is 11.6. The van der Waals surface area contributed by atoms with Crippen LogP contribution >= 0.6 is 0 Å². The van der Waals surface area contributed by atoms with Gasteiger partial charge in [-0.15, -0.1) is 0 Å². The number of carboxylic acids is 1. The number of halogens is 1. The first-order valence-corrected chi connectivity index (χ1v) is 7.58. The van der Waals surface area contributed by atoms with E-state index in [2.05, 4.69) is 5.32 Å². The summed E-state index contributed by atoms with van der Waals surface area (Å²) in [6.07, 6.45) is 0.294. The highest BCUT2D eigenvalue weighted by Gasteiger charge is 2.29. The van der Waals surface area contributed by atoms with Crippen molar-refractivity contribution in [3.8, 4) is 5.75 Å². The maximum Gasteiger partial charge on any atom is 0.335 e. The Morgan fingerprint density at radius 1 is 1.21 bits per heavy atom. The van der Waals surface area contributed by atoms with Gasteiger partial charge in [-0.1, -0.05) is 12.1 Å². The average Bonchev–Trinajstić information content (AvgIpc) is 2.98. The van der Waals surface area contributed by atoms with Gasteiger partial charge in [0, 0.05) is 18.5 Å². The predicted octanol–water partition coefficient (Wildman–Crippen LogP) is 2.19. The zero-order valence-electron chi connectivity index (χ0n) is 12.8. The molecule has 0 aromatic heterocycles. The molecule has 1 aliphatic heterocycles. The van der Waals surface area contributed by atoms with Crippen molar-refractivity contribution in [3.05, 3.63) is 65.0 Å². The number of rotatable bonds is 5. The third-order valence-corrected chi connectivity index (χ3v) is 3.90. The fraction of sp³-hybridized carbons (Fsp3) is 0.222. The molecule has 6 heteroatoms. The number of carbonyl (C=O) groups is 2. The van der Waals surface area contributed by atoms with E-state index in [1.54, 1.807) is 12.1 Å². The van der Waals surface area contributed by atoms with Crippen molar-refractivity contribution in [2.24, 2.45) is 0 Å². The van der Waals surface area contributed by atoms with Gasteiger partial charge in [0.05, 0.1) is 5.56 Å². The summed E-state index contributed by atoms with van der Waals surface area (Å²) in [7, 11) is 0. The van der Waals surface area contributed by atoms with Gasteiger partial charge in [-0.3, -0.25) is 4.79 Å². The summed E-state index contributed by atoms with van der Waals surface area (Å²) in [5.41, 5.74) is 1.85. The van der Waals surface area contributed by atoms with Gasteiger partial charge in [0.2, 0.25) is 0 Å². The van der Waals surface area contributed by atoms with E-state index in [9.17, 15) is 14.0 Å². The molecule has 1 atom stereocenters. The van der Waals surface area contributed by atoms with Crippen LogP contribution in [0.4, 0.5) is 4.39 Å². The van der Waals surface area contributed by atoms with Crippen molar-refractivity contribution in [2.75, 3.05) is 6.54 Å². The molecule has 1 amide bonds. The van der Waals surface area contributed by atoms with Crippen LogP contribution in [0.2, 0.25) is 0 Å². The molecule has 3 rings (SSSR count). The first kappa shape index (κ1) is 16.0. The van der Waals surface area contributed by atoms with Crippen molar-refractivity contribution < 1.29 is 23.8 Å². The number of aromatic carboxylic acids is 1. The molecule has 0 spiro atoms. The van der Waals surface area contributed by atoms with Gasteiger partial charge in [-0.2, -0.15) is 0 Å². The standard InChI is InChI=1S/C18H16FNO4/c19-14-5-6-15-13(9-14)10-16(24-15)17(21)20-8-7-11-1-3-12(4-2-11)18(22)23/h1-6,9,16H,7-8,10H2,(H,20,21)(H,22,23)/t16-/m1/s1. The molecule has 24 heavy (non-hydrogen) atoms. The van der Waals surface area contributed by atoms with E-state index in [1.807, 2.05) is 0 Å². The minimum Gasteiger partial charge on any atom is -0.480 e. The predicted molar refractivity (Wildman–Crippen MR) is 84.6 cm³/mol. The third-order valence-electron chi connectivity index (χ3n) is 3.90. The maximum absolute atomic E-state index is 13.2. The topological polar surface area (TPSA) is 75.6 Å². The number of benzene rings is 2. The Morgan fingerprint density at radius 2 is 1.96 bits per heavy atom. The van der Waals surface area contributed by atoms with E-state index in [-0.39, 0.29) is 17.3 Å². The van der Waals surface area contributed by atoms with Crippen LogP contribution in [0.15, 0.2) is 42.5 Å². The number of fused-ring (bicyclic) bond motifs is 1. The van der Waals surface area contributed by atoms with Gasteiger partial charge in [-0.25, -0.2) is 9.18 Å². The molecule has 0 saturated carbocycles. The molecule has 0 unspecified atom stereocenters. The highest BCUT2D eigenvalue weighted by atomic mass is 19.1. The molecule has 1 aliphatic rings. The molecule has 2 aromatic carbocycles. The first-order chi connectivity index (χ1) is 11.5. The van der Waals surface area contributed by atoms with Crippen LogP contribution in [0.25, 0.3) is 0 Å². The lowest BCUT2D eigenvalue weighted by atomic mass is 10.1. The van der Waals surface area contributed by atoms with Gasteiger partial charge in [-0.05, 0) is 42.3 Å². The number of carboxylic acid groups (broad SMARTS) is 1. The van der Waals surface area contributed by atoms with Crippen molar-refractivity contribution in [2.45, 2.75) is 18.9 Å². The first-order valence-electron chi connectivity index (χ1n) is 7.58. The molecule has 0 radical (unpaired) electrons. The summed E-state index contributed by atoms with van der Waals surface area (Å²) in [6.45, 7) is 0.413. The lowest BCUT2D eigenvalue weighted by Crippen LogP contribution is -2.38. The molecule has 0 saturated heterocycles. The Kier molecular flexibility index (Phi) is 4.46. The van der Waals surface area contributed by atoms with E-state index in [0.717, 1.165) is 5.56 Å². The van der Waals surface area contributed by atoms with Gasteiger partial charge < -0.3 is 15.2 Å². The van der Waals surface area contributed by atoms with Crippen molar-refractivity contribution in [1.82, 2.24) is 5.32 Å². The molecule has 1 heterocycles. The van der Waals surface area contributed by atoms with Gasteiger partial charge in [0.25, 0.3) is 5.91 Å². The number of carbonyl (C=O) groups excluding carboxylic acids is 1. The van der Waals surface area contributed by atoms with E-state index >= 15 is 0 Å². The normalized spacial score (nSPS) is 15.5. The van der Waals surface area contributed by atoms with Crippen LogP contribution in [0.1, 0.15) is 21.5 Å². The van der Waals surface area contributed by atoms with Crippen molar-refractivity contribution in [3.63, 3.8) is 0 Å². The number of ether oxygens (including phenoxy) is 1. The Balaban J connectivity index is 1.49. The molecule has 2 N–H and O–H groups in total. The second-order valence-corrected chi connectivity index (χ2v) is 5.61. The quantitative estimate of drug-likeness (QED) is 0.882. The van der Waals surface area contributed by atoms with E-state index < -0.39 is 12.1 Å². The van der Waals surface area contributed by atoms with Crippen LogP contribution in [0, 0.1) is 5.82 Å². The molecule has 2 aromatic rings. The molecule has 124 valence electrons. The van der Waals surface area contributed by atoms with Crippen LogP contribution in [0.3, 0.4) is 0 Å². The largest absolute Gasteiger partial charge is 0.480 e. The lowest BCUT2D eigenvalue weighted by Gasteiger charge is -2.11. The van der Waals surface area contributed by atoms with Crippen molar-refractivity contribution >= 4 is 11.9 Å². The Morgan fingerprint density at radius 3 is 2.67 bits per heavy atom. The van der Waals surface area contributed by atoms with Crippen LogP contribution in [-0.4, -0.2) is 29.6 Å². The Bertz CT molecular complexity index is 773. The molecule has 0 bridgehead atoms. The van der Waals surface area contributed by atoms with Crippen molar-refractivity contribution in [1.29, 1.82) is 0 Å². The fourth-order valence-corrected chi connectivity index (χ4v) is 2.62. The van der Waals surface area contributed by atoms with Gasteiger partial charge in [0.1, 0.15) is 11.6 Å². The second-order valence-electron chi connectivity index (χ2n) is 5.61. The molecular weight excluding hydrogens is 313 g/mol. The van der Waals surface area contributed by atoms with E-state index in [1.165, 1.54) is 30.3 Å². The Labute approximate surface area is 138 Å². The third kappa shape index (κ3) is 3.53. The molecule has 0 fully saturated rings. The number of nitrogens with one attached hydrogen (secondary N) is 1. The minimum atomic E-state index is -0.968. The SMILES string of the molecule is O=C(O)c1ccc(CCNC(=O)[C@H]2Cc3cc(F)ccc3O2)cc1. The van der Waals surface area contributed by atoms with E-state index in [4.69, 9.17) is 9.84 Å². The summed E-state index contributed by atoms with van der Waals surface area (Å²) in [6, 6.07) is 10.7. The maximum atomic E-state index is 13.2. The average molecular weight is 329 g/mol. The summed E-state index contributed by atoms with van der Waals surface area (Å²) in [5.74, 6) is -1.01. The summed E-state index contributed by atoms with van der Waals surface area (Å²) in [4.78, 5) is 22.9. The monoisotopic (exact) mass is 329 g/mol. The highest BCUT2D eigenvalue weighted by Crippen LogP contribution is 2.29. The summed E-state index contributed by atoms with van der Waals surface area (Å²) >= 11 is 0. The summed E-state index contributed by atoms with van der Waals surface area (Å²) < 4.78 is 18.7. The highest BCUT2D eigenvalue weighted by molar-refractivity contribution is 5.87. The molecule has 5 nitrogen and oxygen atoms in total. The van der Waals surface area contributed by atoms with Crippen LogP contribution in [-0.2, 0) is 17.6 Å². The van der Waals surface area contributed by atoms with Crippen LogP contribution < -0.4 is 10.1 Å². The smallest absolute Gasteiger partial charge is 0.335 e. The molecule has 0 aliphatic carbocycles. The van der Waals surface area contributed by atoms with Gasteiger partial charge >= 0.3 is 5.97 Å².